The molecule has 1 N–H and O–H groups in total. The number of likely N-dealkylation sites (tertiary alicyclic amines) is 1. The lowest BCUT2D eigenvalue weighted by molar-refractivity contribution is -0.127. The molecule has 1 rings (SSSR count). The molecule has 0 aromatic heterocycles. The lowest BCUT2D eigenvalue weighted by Gasteiger charge is -2.12. The van der Waals surface area contributed by atoms with E-state index in [1.54, 1.807) is 6.92 Å². The van der Waals surface area contributed by atoms with E-state index in [0.717, 1.165) is 19.5 Å². The summed E-state index contributed by atoms with van der Waals surface area (Å²) in [5.41, 5.74) is 0. The van der Waals surface area contributed by atoms with Crippen molar-refractivity contribution in [2.75, 3.05) is 20.1 Å². The standard InChI is InChI=1S/C7H14N2O.2ClH/c1-6(10)9-4-3-7(5-9)8-2;;/h7-8H,3-5H2,1-2H3;2*1H/t7-;;/m1../s1. The maximum atomic E-state index is 10.8. The summed E-state index contributed by atoms with van der Waals surface area (Å²) in [7, 11) is 1.94. The molecule has 0 aliphatic carbocycles. The molecule has 1 atom stereocenters. The van der Waals surface area contributed by atoms with Gasteiger partial charge in [-0.1, -0.05) is 0 Å². The van der Waals surface area contributed by atoms with Crippen molar-refractivity contribution in [2.45, 2.75) is 19.4 Å². The molecule has 0 saturated carbocycles. The quantitative estimate of drug-likeness (QED) is 0.697. The number of likely N-dealkylation sites (N-methyl/N-ethyl adjacent to an activating group) is 1. The summed E-state index contributed by atoms with van der Waals surface area (Å²) in [5, 5.41) is 3.15. The van der Waals surface area contributed by atoms with Crippen molar-refractivity contribution in [3.05, 3.63) is 0 Å². The van der Waals surface area contributed by atoms with Crippen molar-refractivity contribution in [1.29, 1.82) is 0 Å². The number of nitrogens with one attached hydrogen (secondary N) is 1. The first kappa shape index (κ1) is 14.5. The Bertz CT molecular complexity index is 143. The van der Waals surface area contributed by atoms with E-state index in [1.165, 1.54) is 0 Å². The van der Waals surface area contributed by atoms with Gasteiger partial charge in [-0.15, -0.1) is 24.8 Å². The van der Waals surface area contributed by atoms with E-state index in [1.807, 2.05) is 11.9 Å². The maximum Gasteiger partial charge on any atom is 0.219 e. The van der Waals surface area contributed by atoms with Gasteiger partial charge in [0, 0.05) is 26.1 Å². The molecular formula is C7H16Cl2N2O. The van der Waals surface area contributed by atoms with Gasteiger partial charge in [0.2, 0.25) is 5.91 Å². The second kappa shape index (κ2) is 6.52. The Kier molecular flexibility index (Phi) is 7.89. The van der Waals surface area contributed by atoms with Gasteiger partial charge >= 0.3 is 0 Å². The highest BCUT2D eigenvalue weighted by Crippen LogP contribution is 2.07. The molecule has 0 radical (unpaired) electrons. The normalized spacial score (nSPS) is 21.2. The molecule has 0 aromatic rings. The minimum atomic E-state index is 0. The summed E-state index contributed by atoms with van der Waals surface area (Å²) in [6, 6.07) is 0.517. The topological polar surface area (TPSA) is 32.3 Å². The number of halogens is 2. The van der Waals surface area contributed by atoms with Crippen molar-refractivity contribution in [1.82, 2.24) is 10.2 Å². The first-order valence-electron chi connectivity index (χ1n) is 3.67. The highest BCUT2D eigenvalue weighted by atomic mass is 35.5. The number of nitrogens with zero attached hydrogens (tertiary/aromatic N) is 1. The highest BCUT2D eigenvalue weighted by molar-refractivity contribution is 5.85. The van der Waals surface area contributed by atoms with Crippen LogP contribution < -0.4 is 5.32 Å². The van der Waals surface area contributed by atoms with Crippen LogP contribution in [-0.4, -0.2) is 37.0 Å². The molecule has 1 saturated heterocycles. The van der Waals surface area contributed by atoms with Crippen LogP contribution in [0.15, 0.2) is 0 Å². The fourth-order valence-corrected chi connectivity index (χ4v) is 1.28. The van der Waals surface area contributed by atoms with E-state index in [0.29, 0.717) is 6.04 Å². The van der Waals surface area contributed by atoms with Crippen LogP contribution in [0.2, 0.25) is 0 Å². The molecule has 0 aromatic carbocycles. The molecule has 3 nitrogen and oxygen atoms in total. The number of hydrogen-bond donors (Lipinski definition) is 1. The SMILES string of the molecule is CN[C@@H]1CCN(C(C)=O)C1.Cl.Cl. The zero-order valence-electron chi connectivity index (χ0n) is 7.37. The predicted molar refractivity (Wildman–Crippen MR) is 54.2 cm³/mol. The van der Waals surface area contributed by atoms with Gasteiger partial charge in [-0.05, 0) is 13.5 Å². The number of amides is 1. The molecule has 74 valence electrons. The second-order valence-electron chi connectivity index (χ2n) is 2.74. The summed E-state index contributed by atoms with van der Waals surface area (Å²) < 4.78 is 0. The third-order valence-electron chi connectivity index (χ3n) is 2.04. The van der Waals surface area contributed by atoms with Gasteiger partial charge in [0.15, 0.2) is 0 Å². The Balaban J connectivity index is 0. The van der Waals surface area contributed by atoms with Gasteiger partial charge in [-0.25, -0.2) is 0 Å². The van der Waals surface area contributed by atoms with Gasteiger partial charge in [-0.2, -0.15) is 0 Å². The lowest BCUT2D eigenvalue weighted by Crippen LogP contribution is -2.31. The Morgan fingerprint density at radius 3 is 2.33 bits per heavy atom. The molecule has 0 unspecified atom stereocenters. The van der Waals surface area contributed by atoms with Crippen LogP contribution in [0.3, 0.4) is 0 Å². The maximum absolute atomic E-state index is 10.8. The molecule has 1 aliphatic heterocycles. The molecule has 1 amide bonds. The first-order valence-corrected chi connectivity index (χ1v) is 3.67. The summed E-state index contributed by atoms with van der Waals surface area (Å²) in [4.78, 5) is 12.7. The van der Waals surface area contributed by atoms with Crippen LogP contribution in [-0.2, 0) is 4.79 Å². The molecule has 1 fully saturated rings. The largest absolute Gasteiger partial charge is 0.341 e. The van der Waals surface area contributed by atoms with Gasteiger partial charge in [0.1, 0.15) is 0 Å². The van der Waals surface area contributed by atoms with Gasteiger partial charge in [0.05, 0.1) is 0 Å². The summed E-state index contributed by atoms with van der Waals surface area (Å²) in [6.45, 7) is 3.42. The van der Waals surface area contributed by atoms with E-state index in [9.17, 15) is 4.79 Å². The molecule has 1 aliphatic rings. The Labute approximate surface area is 85.7 Å². The van der Waals surface area contributed by atoms with Crippen LogP contribution in [0.5, 0.6) is 0 Å². The minimum absolute atomic E-state index is 0. The van der Waals surface area contributed by atoms with E-state index in [-0.39, 0.29) is 30.7 Å². The average Bonchev–Trinajstić information content (AvgIpc) is 2.34. The molecule has 5 heteroatoms. The van der Waals surface area contributed by atoms with Gasteiger partial charge in [-0.3, -0.25) is 4.79 Å². The number of rotatable bonds is 1. The monoisotopic (exact) mass is 214 g/mol. The van der Waals surface area contributed by atoms with Crippen molar-refractivity contribution >= 4 is 30.7 Å². The lowest BCUT2D eigenvalue weighted by atomic mass is 10.3. The summed E-state index contributed by atoms with van der Waals surface area (Å²) >= 11 is 0. The number of carbonyl (C=O) groups excluding carboxylic acids is 1. The highest BCUT2D eigenvalue weighted by Gasteiger charge is 2.21. The molecular weight excluding hydrogens is 199 g/mol. The van der Waals surface area contributed by atoms with Crippen molar-refractivity contribution in [3.8, 4) is 0 Å². The first-order chi connectivity index (χ1) is 4.74. The summed E-state index contributed by atoms with van der Waals surface area (Å²) in [6.07, 6.45) is 1.09. The number of hydrogen-bond acceptors (Lipinski definition) is 2. The van der Waals surface area contributed by atoms with Crippen molar-refractivity contribution in [3.63, 3.8) is 0 Å². The van der Waals surface area contributed by atoms with E-state index in [4.69, 9.17) is 0 Å². The minimum Gasteiger partial charge on any atom is -0.341 e. The fraction of sp³-hybridized carbons (Fsp3) is 0.857. The van der Waals surface area contributed by atoms with Crippen molar-refractivity contribution < 1.29 is 4.79 Å². The predicted octanol–water partition coefficient (Wildman–Crippen LogP) is 0.670. The average molecular weight is 215 g/mol. The Morgan fingerprint density at radius 2 is 2.08 bits per heavy atom. The van der Waals surface area contributed by atoms with Crippen molar-refractivity contribution in [2.24, 2.45) is 0 Å². The van der Waals surface area contributed by atoms with E-state index >= 15 is 0 Å². The zero-order chi connectivity index (χ0) is 7.56. The third kappa shape index (κ3) is 3.61. The van der Waals surface area contributed by atoms with Crippen LogP contribution in [0.4, 0.5) is 0 Å². The van der Waals surface area contributed by atoms with Crippen LogP contribution >= 0.6 is 24.8 Å². The number of carbonyl (C=O) groups is 1. The van der Waals surface area contributed by atoms with Gasteiger partial charge < -0.3 is 10.2 Å². The zero-order valence-corrected chi connectivity index (χ0v) is 9.00. The van der Waals surface area contributed by atoms with Gasteiger partial charge in [0.25, 0.3) is 0 Å². The fourth-order valence-electron chi connectivity index (χ4n) is 1.28. The van der Waals surface area contributed by atoms with Crippen LogP contribution in [0.1, 0.15) is 13.3 Å². The van der Waals surface area contributed by atoms with E-state index < -0.39 is 0 Å². The Hall–Kier alpha value is 0.01000. The van der Waals surface area contributed by atoms with E-state index in [2.05, 4.69) is 5.32 Å². The molecule has 12 heavy (non-hydrogen) atoms. The second-order valence-corrected chi connectivity index (χ2v) is 2.74. The molecule has 0 spiro atoms. The van der Waals surface area contributed by atoms with Crippen LogP contribution in [0.25, 0.3) is 0 Å². The molecule has 0 bridgehead atoms. The smallest absolute Gasteiger partial charge is 0.219 e. The molecule has 1 heterocycles. The summed E-state index contributed by atoms with van der Waals surface area (Å²) in [5.74, 6) is 0.192. The Morgan fingerprint density at radius 1 is 1.50 bits per heavy atom. The third-order valence-corrected chi connectivity index (χ3v) is 2.04. The van der Waals surface area contributed by atoms with Crippen LogP contribution in [0, 0.1) is 0 Å².